The molecular formula is C19H15ClN4O3S. The third-order valence-corrected chi connectivity index (χ3v) is 5.15. The Morgan fingerprint density at radius 1 is 1.25 bits per heavy atom. The zero-order valence-electron chi connectivity index (χ0n) is 14.6. The number of carbonyl (C=O) groups excluding carboxylic acids is 1. The fourth-order valence-corrected chi connectivity index (χ4v) is 3.60. The van der Waals surface area contributed by atoms with E-state index in [1.807, 2.05) is 22.8 Å². The standard InChI is InChI=1S/C19H15ClN4O3S/c1-2-10-23-18(15-8-3-4-9-16(15)20)21-22-19(23)28-12-17(25)13-6-5-7-14(11-13)24(26)27/h2-9,11H,1,10,12H2. The van der Waals surface area contributed by atoms with E-state index in [0.29, 0.717) is 22.5 Å². The number of hydrogen-bond acceptors (Lipinski definition) is 6. The second kappa shape index (κ2) is 8.81. The molecule has 3 aromatic rings. The predicted molar refractivity (Wildman–Crippen MR) is 109 cm³/mol. The molecule has 0 fully saturated rings. The molecule has 1 aromatic heterocycles. The van der Waals surface area contributed by atoms with Crippen LogP contribution in [0.4, 0.5) is 5.69 Å². The molecule has 7 nitrogen and oxygen atoms in total. The van der Waals surface area contributed by atoms with E-state index in [0.717, 1.165) is 5.56 Å². The summed E-state index contributed by atoms with van der Waals surface area (Å²) in [7, 11) is 0. The number of carbonyl (C=O) groups is 1. The first-order chi connectivity index (χ1) is 13.5. The highest BCUT2D eigenvalue weighted by Gasteiger charge is 2.18. The lowest BCUT2D eigenvalue weighted by Crippen LogP contribution is -2.06. The van der Waals surface area contributed by atoms with Crippen LogP contribution in [0.3, 0.4) is 0 Å². The van der Waals surface area contributed by atoms with Gasteiger partial charge in [0.1, 0.15) is 0 Å². The molecule has 0 atom stereocenters. The van der Waals surface area contributed by atoms with Gasteiger partial charge in [0.2, 0.25) is 0 Å². The van der Waals surface area contributed by atoms with Gasteiger partial charge < -0.3 is 0 Å². The minimum atomic E-state index is -0.527. The normalized spacial score (nSPS) is 10.6. The lowest BCUT2D eigenvalue weighted by Gasteiger charge is -2.08. The molecule has 9 heteroatoms. The molecule has 0 radical (unpaired) electrons. The molecule has 0 aliphatic rings. The van der Waals surface area contributed by atoms with Crippen LogP contribution in [-0.2, 0) is 6.54 Å². The Morgan fingerprint density at radius 3 is 2.75 bits per heavy atom. The highest BCUT2D eigenvalue weighted by atomic mass is 35.5. The van der Waals surface area contributed by atoms with Crippen LogP contribution in [0, 0.1) is 10.1 Å². The average molecular weight is 415 g/mol. The molecule has 1 heterocycles. The number of hydrogen-bond donors (Lipinski definition) is 0. The number of Topliss-reactive ketones (excluding diaryl/α,β-unsaturated/α-hetero) is 1. The lowest BCUT2D eigenvalue weighted by molar-refractivity contribution is -0.384. The maximum atomic E-state index is 12.5. The van der Waals surface area contributed by atoms with Crippen molar-refractivity contribution >= 4 is 34.8 Å². The van der Waals surface area contributed by atoms with Crippen molar-refractivity contribution < 1.29 is 9.72 Å². The van der Waals surface area contributed by atoms with Crippen LogP contribution in [0.1, 0.15) is 10.4 Å². The smallest absolute Gasteiger partial charge is 0.270 e. The quantitative estimate of drug-likeness (QED) is 0.175. The van der Waals surface area contributed by atoms with Gasteiger partial charge in [-0.2, -0.15) is 0 Å². The van der Waals surface area contributed by atoms with Gasteiger partial charge >= 0.3 is 0 Å². The van der Waals surface area contributed by atoms with Gasteiger partial charge in [-0.05, 0) is 12.1 Å². The van der Waals surface area contributed by atoms with E-state index in [9.17, 15) is 14.9 Å². The molecule has 0 unspecified atom stereocenters. The molecule has 2 aromatic carbocycles. The average Bonchev–Trinajstić information content (AvgIpc) is 3.09. The lowest BCUT2D eigenvalue weighted by atomic mass is 10.1. The van der Waals surface area contributed by atoms with E-state index in [1.54, 1.807) is 18.2 Å². The number of aromatic nitrogens is 3. The summed E-state index contributed by atoms with van der Waals surface area (Å²) in [5.41, 5.74) is 0.893. The van der Waals surface area contributed by atoms with Gasteiger partial charge in [-0.25, -0.2) is 0 Å². The molecule has 0 saturated heterocycles. The minimum absolute atomic E-state index is 0.0684. The van der Waals surface area contributed by atoms with Crippen molar-refractivity contribution in [2.75, 3.05) is 5.75 Å². The number of thioether (sulfide) groups is 1. The monoisotopic (exact) mass is 414 g/mol. The van der Waals surface area contributed by atoms with Crippen molar-refractivity contribution in [3.05, 3.63) is 81.9 Å². The predicted octanol–water partition coefficient (Wildman–Crippen LogP) is 4.67. The van der Waals surface area contributed by atoms with Gasteiger partial charge in [-0.15, -0.1) is 16.8 Å². The first kappa shape index (κ1) is 19.8. The van der Waals surface area contributed by atoms with E-state index in [-0.39, 0.29) is 22.8 Å². The van der Waals surface area contributed by atoms with E-state index >= 15 is 0 Å². The van der Waals surface area contributed by atoms with Crippen LogP contribution >= 0.6 is 23.4 Å². The zero-order chi connectivity index (χ0) is 20.1. The largest absolute Gasteiger partial charge is 0.298 e. The maximum Gasteiger partial charge on any atom is 0.270 e. The number of nitrogens with zero attached hydrogens (tertiary/aromatic N) is 4. The van der Waals surface area contributed by atoms with Gasteiger partial charge in [0, 0.05) is 29.8 Å². The van der Waals surface area contributed by atoms with Crippen LogP contribution in [0.25, 0.3) is 11.4 Å². The molecule has 28 heavy (non-hydrogen) atoms. The number of ketones is 1. The van der Waals surface area contributed by atoms with E-state index < -0.39 is 4.92 Å². The first-order valence-electron chi connectivity index (χ1n) is 8.20. The Labute approximate surface area is 170 Å². The van der Waals surface area contributed by atoms with Crippen LogP contribution in [0.2, 0.25) is 5.02 Å². The van der Waals surface area contributed by atoms with Crippen LogP contribution < -0.4 is 0 Å². The number of nitro groups is 1. The van der Waals surface area contributed by atoms with Crippen molar-refractivity contribution in [3.8, 4) is 11.4 Å². The Bertz CT molecular complexity index is 1050. The number of allylic oxidation sites excluding steroid dienone is 1. The summed E-state index contributed by atoms with van der Waals surface area (Å²) in [6.45, 7) is 4.20. The van der Waals surface area contributed by atoms with Crippen LogP contribution in [0.15, 0.2) is 66.3 Å². The molecule has 0 saturated carbocycles. The van der Waals surface area contributed by atoms with Crippen LogP contribution in [-0.4, -0.2) is 31.2 Å². The molecule has 0 spiro atoms. The number of non-ortho nitro benzene ring substituents is 1. The number of halogens is 1. The van der Waals surface area contributed by atoms with Crippen LogP contribution in [0.5, 0.6) is 0 Å². The van der Waals surface area contributed by atoms with Gasteiger partial charge in [0.15, 0.2) is 16.8 Å². The zero-order valence-corrected chi connectivity index (χ0v) is 16.2. The van der Waals surface area contributed by atoms with Gasteiger partial charge in [-0.3, -0.25) is 19.5 Å². The fourth-order valence-electron chi connectivity index (χ4n) is 2.54. The number of rotatable bonds is 8. The topological polar surface area (TPSA) is 90.9 Å². The van der Waals surface area contributed by atoms with Gasteiger partial charge in [0.05, 0.1) is 15.7 Å². The fraction of sp³-hybridized carbons (Fsp3) is 0.105. The Hall–Kier alpha value is -2.97. The van der Waals surface area contributed by atoms with Crippen molar-refractivity contribution in [1.29, 1.82) is 0 Å². The van der Waals surface area contributed by atoms with E-state index in [4.69, 9.17) is 11.6 Å². The van der Waals surface area contributed by atoms with Crippen molar-refractivity contribution in [2.24, 2.45) is 0 Å². The van der Waals surface area contributed by atoms with Crippen molar-refractivity contribution in [2.45, 2.75) is 11.7 Å². The summed E-state index contributed by atoms with van der Waals surface area (Å²) in [6, 6.07) is 13.0. The van der Waals surface area contributed by atoms with Gasteiger partial charge in [-0.1, -0.05) is 53.7 Å². The summed E-state index contributed by atoms with van der Waals surface area (Å²) in [6.07, 6.45) is 1.70. The summed E-state index contributed by atoms with van der Waals surface area (Å²) in [4.78, 5) is 22.8. The Balaban J connectivity index is 1.82. The summed E-state index contributed by atoms with van der Waals surface area (Å²) in [5, 5.41) is 20.4. The SMILES string of the molecule is C=CCn1c(SCC(=O)c2cccc([N+](=O)[O-])c2)nnc1-c1ccccc1Cl. The highest BCUT2D eigenvalue weighted by Crippen LogP contribution is 2.29. The second-order valence-electron chi connectivity index (χ2n) is 5.70. The first-order valence-corrected chi connectivity index (χ1v) is 9.57. The molecule has 0 amide bonds. The van der Waals surface area contributed by atoms with Gasteiger partial charge in [0.25, 0.3) is 5.69 Å². The molecular weight excluding hydrogens is 400 g/mol. The minimum Gasteiger partial charge on any atom is -0.298 e. The molecule has 142 valence electrons. The summed E-state index contributed by atoms with van der Waals surface area (Å²) in [5.74, 6) is 0.413. The molecule has 3 rings (SSSR count). The van der Waals surface area contributed by atoms with E-state index in [1.165, 1.54) is 30.0 Å². The Morgan fingerprint density at radius 2 is 2.04 bits per heavy atom. The van der Waals surface area contributed by atoms with E-state index in [2.05, 4.69) is 16.8 Å². The second-order valence-corrected chi connectivity index (χ2v) is 7.05. The summed E-state index contributed by atoms with van der Waals surface area (Å²) < 4.78 is 1.82. The highest BCUT2D eigenvalue weighted by molar-refractivity contribution is 7.99. The summed E-state index contributed by atoms with van der Waals surface area (Å²) >= 11 is 7.47. The maximum absolute atomic E-state index is 12.5. The van der Waals surface area contributed by atoms with Crippen molar-refractivity contribution in [1.82, 2.24) is 14.8 Å². The van der Waals surface area contributed by atoms with Crippen molar-refractivity contribution in [3.63, 3.8) is 0 Å². The molecule has 0 aliphatic carbocycles. The number of benzene rings is 2. The number of nitro benzene ring substituents is 1. The third-order valence-electron chi connectivity index (χ3n) is 3.85. The molecule has 0 N–H and O–H groups in total. The third kappa shape index (κ3) is 4.29. The molecule has 0 bridgehead atoms. The Kier molecular flexibility index (Phi) is 6.23. The molecule has 0 aliphatic heterocycles.